The predicted octanol–water partition coefficient (Wildman–Crippen LogP) is 0.986. The van der Waals surface area contributed by atoms with E-state index in [1.165, 1.54) is 12.8 Å². The molecule has 2 bridgehead atoms. The molecule has 10 nitrogen and oxygen atoms in total. The first-order valence-electron chi connectivity index (χ1n) is 12.9. The van der Waals surface area contributed by atoms with Crippen molar-refractivity contribution < 1.29 is 43.8 Å². The summed E-state index contributed by atoms with van der Waals surface area (Å²) in [5, 5.41) is 32.4. The molecule has 10 heteroatoms. The minimum atomic E-state index is -1.11. The Bertz CT molecular complexity index is 1150. The number of phenols is 1. The van der Waals surface area contributed by atoms with Crippen LogP contribution in [0.1, 0.15) is 56.1 Å². The number of aromatic hydroxyl groups is 1. The summed E-state index contributed by atoms with van der Waals surface area (Å²) in [6.07, 6.45) is 3.73. The van der Waals surface area contributed by atoms with E-state index in [0.717, 1.165) is 28.7 Å². The van der Waals surface area contributed by atoms with Crippen LogP contribution in [0.4, 0.5) is 0 Å². The molecule has 0 unspecified atom stereocenters. The van der Waals surface area contributed by atoms with Crippen LogP contribution in [0.3, 0.4) is 0 Å². The second kappa shape index (κ2) is 7.90. The van der Waals surface area contributed by atoms with Crippen LogP contribution >= 0.6 is 0 Å². The number of rotatable bonds is 9. The molecule has 5 aliphatic rings. The van der Waals surface area contributed by atoms with Gasteiger partial charge in [-0.15, -0.1) is 5.48 Å². The van der Waals surface area contributed by atoms with E-state index in [1.807, 2.05) is 0 Å². The van der Waals surface area contributed by atoms with Crippen molar-refractivity contribution in [2.45, 2.75) is 80.6 Å². The molecule has 36 heavy (non-hydrogen) atoms. The van der Waals surface area contributed by atoms with E-state index in [4.69, 9.17) is 14.7 Å². The number of likely N-dealkylation sites (N-methyl/N-ethyl adjacent to an activating group) is 1. The van der Waals surface area contributed by atoms with Crippen LogP contribution in [0.2, 0.25) is 0 Å². The van der Waals surface area contributed by atoms with Gasteiger partial charge in [0.25, 0.3) is 0 Å². The van der Waals surface area contributed by atoms with E-state index >= 15 is 0 Å². The van der Waals surface area contributed by atoms with E-state index in [1.54, 1.807) is 6.07 Å². The van der Waals surface area contributed by atoms with Crippen LogP contribution in [0.15, 0.2) is 6.07 Å². The molecule has 2 saturated carbocycles. The van der Waals surface area contributed by atoms with Gasteiger partial charge in [-0.3, -0.25) is 9.59 Å². The highest BCUT2D eigenvalue weighted by Gasteiger charge is 2.76. The van der Waals surface area contributed by atoms with Crippen molar-refractivity contribution in [2.75, 3.05) is 20.1 Å². The van der Waals surface area contributed by atoms with Gasteiger partial charge in [0.2, 0.25) is 5.75 Å². The number of aliphatic hydroxyl groups is 1. The smallest absolute Gasteiger partial charge is 0.303 e. The number of ketones is 1. The van der Waals surface area contributed by atoms with Crippen molar-refractivity contribution in [1.29, 1.82) is 0 Å². The Labute approximate surface area is 208 Å². The van der Waals surface area contributed by atoms with Gasteiger partial charge >= 0.3 is 5.97 Å². The average Bonchev–Trinajstić information content (AvgIpc) is 3.56. The quantitative estimate of drug-likeness (QED) is 0.221. The van der Waals surface area contributed by atoms with Gasteiger partial charge in [0.1, 0.15) is 17.9 Å². The first-order chi connectivity index (χ1) is 17.1. The number of nitrogens with one attached hydrogen (secondary N) is 1. The summed E-state index contributed by atoms with van der Waals surface area (Å²) in [6.45, 7) is 1.83. The van der Waals surface area contributed by atoms with Gasteiger partial charge in [-0.25, -0.2) is 0 Å². The third-order valence-electron chi connectivity index (χ3n) is 9.51. The molecular formula is C26H33N2O8+. The fourth-order valence-electron chi connectivity index (χ4n) is 7.64. The molecular weight excluding hydrogens is 468 g/mol. The number of hydrogen-bond donors (Lipinski definition) is 4. The first-order valence-corrected chi connectivity index (χ1v) is 12.9. The molecule has 6 atom stereocenters. The molecule has 3 fully saturated rings. The van der Waals surface area contributed by atoms with Gasteiger partial charge in [-0.05, 0) is 37.3 Å². The highest BCUT2D eigenvalue weighted by molar-refractivity contribution is 5.90. The fraction of sp³-hybridized carbons (Fsp3) is 0.654. The number of hydroxylamine groups is 1. The maximum Gasteiger partial charge on any atom is 0.303 e. The zero-order valence-electron chi connectivity index (χ0n) is 20.4. The lowest BCUT2D eigenvalue weighted by Crippen LogP contribution is -2.80. The molecule has 0 amide bonds. The lowest BCUT2D eigenvalue weighted by molar-refractivity contribution is -0.950. The van der Waals surface area contributed by atoms with Crippen LogP contribution in [-0.4, -0.2) is 81.8 Å². The van der Waals surface area contributed by atoms with Gasteiger partial charge in [-0.1, -0.05) is 0 Å². The van der Waals surface area contributed by atoms with Crippen LogP contribution in [0, 0.1) is 5.92 Å². The fourth-order valence-corrected chi connectivity index (χ4v) is 7.64. The number of carboxylic acid groups (broad SMARTS) is 1. The number of aldehydes is 1. The molecule has 1 aromatic carbocycles. The van der Waals surface area contributed by atoms with E-state index < -0.39 is 29.1 Å². The summed E-state index contributed by atoms with van der Waals surface area (Å²) in [5.74, 6) is -0.488. The topological polar surface area (TPSA) is 142 Å². The van der Waals surface area contributed by atoms with Crippen LogP contribution in [-0.2, 0) is 26.2 Å². The highest BCUT2D eigenvalue weighted by atomic mass is 16.7. The summed E-state index contributed by atoms with van der Waals surface area (Å²) < 4.78 is 6.93. The normalized spacial score (nSPS) is 36.6. The number of Topliss-reactive ketones (excluding diaryl/α,β-unsaturated/α-hetero) is 1. The van der Waals surface area contributed by atoms with Crippen molar-refractivity contribution in [2.24, 2.45) is 5.92 Å². The van der Waals surface area contributed by atoms with Gasteiger partial charge in [0.15, 0.2) is 23.4 Å². The molecule has 2 heterocycles. The number of carboxylic acids is 1. The molecule has 1 aromatic rings. The van der Waals surface area contributed by atoms with Crippen molar-refractivity contribution in [3.8, 4) is 17.2 Å². The lowest BCUT2D eigenvalue weighted by Gasteiger charge is -2.64. The Morgan fingerprint density at radius 2 is 2.17 bits per heavy atom. The summed E-state index contributed by atoms with van der Waals surface area (Å²) in [4.78, 5) is 41.0. The minimum absolute atomic E-state index is 0.0275. The summed E-state index contributed by atoms with van der Waals surface area (Å²) in [5.41, 5.74) is 2.14. The number of piperidine rings is 1. The Kier molecular flexibility index (Phi) is 5.20. The molecule has 194 valence electrons. The highest BCUT2D eigenvalue weighted by Crippen LogP contribution is 2.67. The monoisotopic (exact) mass is 501 g/mol. The maximum absolute atomic E-state index is 13.1. The van der Waals surface area contributed by atoms with Crippen molar-refractivity contribution in [1.82, 2.24) is 5.48 Å². The second-order valence-corrected chi connectivity index (χ2v) is 11.6. The van der Waals surface area contributed by atoms with Gasteiger partial charge in [-0.2, -0.15) is 0 Å². The molecule has 6 rings (SSSR count). The SMILES string of the molecule is C[N@+]1(CC2CC2)CC[C@]23c4c5cc(ON[C@H](C=O)CCC(=O)O)c(O)c4O[C@H]2C(=O)CC[C@@]3(O)[C@H]1C5. The zero-order valence-corrected chi connectivity index (χ0v) is 20.4. The number of aliphatic carboxylic acids is 1. The predicted molar refractivity (Wildman–Crippen MR) is 125 cm³/mol. The molecule has 2 aliphatic heterocycles. The molecule has 4 N–H and O–H groups in total. The number of carbonyl (C=O) groups excluding carboxylic acids is 2. The molecule has 1 spiro atoms. The van der Waals surface area contributed by atoms with Gasteiger partial charge in [0, 0.05) is 37.2 Å². The number of nitrogens with zero attached hydrogens (tertiary/aromatic N) is 1. The van der Waals surface area contributed by atoms with E-state index in [0.29, 0.717) is 31.5 Å². The Morgan fingerprint density at radius 1 is 1.39 bits per heavy atom. The largest absolute Gasteiger partial charge is 0.502 e. The summed E-state index contributed by atoms with van der Waals surface area (Å²) in [6, 6.07) is 0.719. The molecule has 1 saturated heterocycles. The third-order valence-corrected chi connectivity index (χ3v) is 9.51. The number of benzene rings is 1. The first kappa shape index (κ1) is 23.7. The second-order valence-electron chi connectivity index (χ2n) is 11.6. The van der Waals surface area contributed by atoms with E-state index in [2.05, 4.69) is 12.5 Å². The zero-order chi connectivity index (χ0) is 25.5. The Hall–Kier alpha value is -2.69. The Balaban J connectivity index is 1.40. The van der Waals surface area contributed by atoms with Crippen molar-refractivity contribution >= 4 is 18.0 Å². The number of hydrogen-bond acceptors (Lipinski definition) is 8. The summed E-state index contributed by atoms with van der Waals surface area (Å²) in [7, 11) is 2.22. The number of carbonyl (C=O) groups is 3. The average molecular weight is 502 g/mol. The van der Waals surface area contributed by atoms with Crippen LogP contribution < -0.4 is 15.1 Å². The van der Waals surface area contributed by atoms with Crippen molar-refractivity contribution in [3.63, 3.8) is 0 Å². The maximum atomic E-state index is 13.1. The third kappa shape index (κ3) is 3.17. The number of phenolic OH excluding ortho intramolecular Hbond substituents is 1. The minimum Gasteiger partial charge on any atom is -0.502 e. The number of quaternary nitrogens is 1. The molecule has 3 aliphatic carbocycles. The van der Waals surface area contributed by atoms with Crippen LogP contribution in [0.5, 0.6) is 17.2 Å². The van der Waals surface area contributed by atoms with Gasteiger partial charge in [0.05, 0.1) is 31.6 Å². The molecule has 0 radical (unpaired) electrons. The van der Waals surface area contributed by atoms with Crippen LogP contribution in [0.25, 0.3) is 0 Å². The lowest BCUT2D eigenvalue weighted by atomic mass is 9.48. The van der Waals surface area contributed by atoms with Crippen molar-refractivity contribution in [3.05, 3.63) is 17.2 Å². The van der Waals surface area contributed by atoms with Gasteiger partial charge < -0.3 is 34.2 Å². The van der Waals surface area contributed by atoms with E-state index in [9.17, 15) is 24.6 Å². The van der Waals surface area contributed by atoms with E-state index in [-0.39, 0.29) is 48.3 Å². The summed E-state index contributed by atoms with van der Waals surface area (Å²) >= 11 is 0. The Morgan fingerprint density at radius 3 is 2.86 bits per heavy atom. The molecule has 0 aromatic heterocycles. The standard InChI is InChI=1S/C26H32N2O8/c1-28(12-14-2-3-14)9-8-25-21-15-10-18(36-27-16(13-29)4-5-20(31)32)22(33)23(21)35-24(25)17(30)6-7-26(25,34)19(28)11-15/h10,13-14,16,19,24,27,34H,2-9,11-12H2,1H3,(H-,31,32,33)/p+1/t16-,19+,24-,25-,26+,28+/m0/s1. The number of likely N-dealkylation sites (tertiary alicyclic amines) is 1. The number of ether oxygens (including phenoxy) is 1.